The van der Waals surface area contributed by atoms with Gasteiger partial charge in [-0.3, -0.25) is 30.6 Å². The molecule has 0 heterocycles. The molecule has 1 aromatic carbocycles. The van der Waals surface area contributed by atoms with Crippen molar-refractivity contribution in [2.24, 2.45) is 5.92 Å². The molecule has 29 heavy (non-hydrogen) atoms. The van der Waals surface area contributed by atoms with E-state index in [9.17, 15) is 14.4 Å². The minimum absolute atomic E-state index is 0.0140. The van der Waals surface area contributed by atoms with Crippen molar-refractivity contribution in [1.29, 1.82) is 0 Å². The Morgan fingerprint density at radius 1 is 1.14 bits per heavy atom. The van der Waals surface area contributed by atoms with Crippen LogP contribution in [0.5, 0.6) is 5.75 Å². The highest BCUT2D eigenvalue weighted by molar-refractivity contribution is 7.80. The monoisotopic (exact) mass is 418 g/mol. The zero-order valence-electron chi connectivity index (χ0n) is 16.3. The molecule has 1 aromatic rings. The highest BCUT2D eigenvalue weighted by Crippen LogP contribution is 2.23. The summed E-state index contributed by atoms with van der Waals surface area (Å²) in [6, 6.07) is 7.25. The topological polar surface area (TPSA) is 109 Å². The van der Waals surface area contributed by atoms with Crippen molar-refractivity contribution in [3.63, 3.8) is 0 Å². The lowest BCUT2D eigenvalue weighted by Gasteiger charge is -2.20. The summed E-state index contributed by atoms with van der Waals surface area (Å²) < 4.78 is 5.20. The summed E-state index contributed by atoms with van der Waals surface area (Å²) in [6.45, 7) is -0.160. The first-order chi connectivity index (χ1) is 14.0. The molecule has 9 heteroatoms. The second-order valence-electron chi connectivity index (χ2n) is 6.62. The Hall–Kier alpha value is -2.94. The fraction of sp³-hybridized carbons (Fsp3) is 0.400. The van der Waals surface area contributed by atoms with Gasteiger partial charge in [0.1, 0.15) is 5.75 Å². The summed E-state index contributed by atoms with van der Waals surface area (Å²) in [6.07, 6.45) is 7.88. The molecule has 1 aliphatic carbocycles. The number of para-hydroxylation sites is 1. The Labute approximate surface area is 175 Å². The van der Waals surface area contributed by atoms with Crippen molar-refractivity contribution in [3.8, 4) is 5.75 Å². The number of hydrazine groups is 1. The van der Waals surface area contributed by atoms with Gasteiger partial charge in [0.15, 0.2) is 5.11 Å². The molecule has 3 amide bonds. The summed E-state index contributed by atoms with van der Waals surface area (Å²) in [4.78, 5) is 35.7. The Morgan fingerprint density at radius 2 is 1.86 bits per heavy atom. The molecule has 1 saturated carbocycles. The highest BCUT2D eigenvalue weighted by Gasteiger charge is 2.21. The molecule has 0 aromatic heterocycles. The van der Waals surface area contributed by atoms with Gasteiger partial charge in [0.05, 0.1) is 13.7 Å². The third-order valence-electron chi connectivity index (χ3n) is 4.50. The largest absolute Gasteiger partial charge is 0.496 e. The van der Waals surface area contributed by atoms with E-state index in [1.54, 1.807) is 25.3 Å². The number of rotatable bonds is 6. The molecule has 0 saturated heterocycles. The molecule has 1 aliphatic rings. The van der Waals surface area contributed by atoms with Crippen molar-refractivity contribution in [2.45, 2.75) is 32.1 Å². The molecule has 0 bridgehead atoms. The average molecular weight is 419 g/mol. The number of nitrogens with one attached hydrogen (secondary N) is 4. The summed E-state index contributed by atoms with van der Waals surface area (Å²) >= 11 is 4.96. The van der Waals surface area contributed by atoms with Gasteiger partial charge in [-0.2, -0.15) is 0 Å². The summed E-state index contributed by atoms with van der Waals surface area (Å²) in [5.74, 6) is -0.402. The van der Waals surface area contributed by atoms with Crippen molar-refractivity contribution >= 4 is 41.1 Å². The Balaban J connectivity index is 1.67. The molecule has 0 radical (unpaired) electrons. The first-order valence-electron chi connectivity index (χ1n) is 9.48. The minimum Gasteiger partial charge on any atom is -0.496 e. The zero-order valence-corrected chi connectivity index (χ0v) is 17.1. The molecule has 1 fully saturated rings. The Morgan fingerprint density at radius 3 is 2.59 bits per heavy atom. The Kier molecular flexibility index (Phi) is 9.10. The normalized spacial score (nSPS) is 14.1. The summed E-state index contributed by atoms with van der Waals surface area (Å²) in [5, 5.41) is 4.97. The lowest BCUT2D eigenvalue weighted by atomic mass is 9.89. The van der Waals surface area contributed by atoms with Gasteiger partial charge in [0, 0.05) is 17.6 Å². The van der Waals surface area contributed by atoms with Crippen LogP contribution in [0.15, 0.2) is 30.3 Å². The van der Waals surface area contributed by atoms with Crippen LogP contribution in [0.3, 0.4) is 0 Å². The lowest BCUT2D eigenvalue weighted by molar-refractivity contribution is -0.129. The van der Waals surface area contributed by atoms with Gasteiger partial charge in [0.25, 0.3) is 5.91 Å². The van der Waals surface area contributed by atoms with Crippen LogP contribution >= 0.6 is 12.2 Å². The van der Waals surface area contributed by atoms with Crippen LogP contribution in [0.2, 0.25) is 0 Å². The Bertz CT molecular complexity index is 775. The van der Waals surface area contributed by atoms with Crippen LogP contribution in [0.25, 0.3) is 6.08 Å². The second kappa shape index (κ2) is 11.8. The van der Waals surface area contributed by atoms with Crippen LogP contribution in [0.1, 0.15) is 37.7 Å². The molecule has 0 atom stereocenters. The van der Waals surface area contributed by atoms with Gasteiger partial charge in [-0.15, -0.1) is 0 Å². The molecule has 0 spiro atoms. The maximum absolute atomic E-state index is 12.0. The zero-order chi connectivity index (χ0) is 21.1. The van der Waals surface area contributed by atoms with Gasteiger partial charge in [0.2, 0.25) is 11.8 Å². The smallest absolute Gasteiger partial charge is 0.257 e. The van der Waals surface area contributed by atoms with E-state index in [1.165, 1.54) is 6.08 Å². The first kappa shape index (κ1) is 22.4. The highest BCUT2D eigenvalue weighted by atomic mass is 32.1. The lowest BCUT2D eigenvalue weighted by Crippen LogP contribution is -2.51. The van der Waals surface area contributed by atoms with E-state index in [0.717, 1.165) is 37.7 Å². The maximum atomic E-state index is 12.0. The van der Waals surface area contributed by atoms with Crippen LogP contribution in [-0.4, -0.2) is 36.5 Å². The summed E-state index contributed by atoms with van der Waals surface area (Å²) in [7, 11) is 1.55. The SMILES string of the molecule is COc1ccccc1C=CC(=O)NC(=S)NNC(=O)CNC(=O)C1CCCCC1. The number of methoxy groups -OCH3 is 1. The van der Waals surface area contributed by atoms with E-state index in [2.05, 4.69) is 21.5 Å². The number of ether oxygens (including phenoxy) is 1. The fourth-order valence-electron chi connectivity index (χ4n) is 3.00. The van der Waals surface area contributed by atoms with E-state index < -0.39 is 11.8 Å². The molecular formula is C20H26N4O4S. The molecule has 4 N–H and O–H groups in total. The van der Waals surface area contributed by atoms with Crippen LogP contribution in [0, 0.1) is 5.92 Å². The van der Waals surface area contributed by atoms with Crippen LogP contribution < -0.4 is 26.2 Å². The second-order valence-corrected chi connectivity index (χ2v) is 7.03. The van der Waals surface area contributed by atoms with E-state index in [-0.39, 0.29) is 23.5 Å². The number of thiocarbonyl (C=S) groups is 1. The maximum Gasteiger partial charge on any atom is 0.257 e. The standard InChI is InChI=1S/C20H26N4O4S/c1-28-16-10-6-5-7-14(16)11-12-17(25)22-20(29)24-23-18(26)13-21-19(27)15-8-3-2-4-9-15/h5-7,10-12,15H,2-4,8-9,13H2,1H3,(H,21,27)(H,23,26)(H2,22,24,25,29). The van der Waals surface area contributed by atoms with E-state index in [4.69, 9.17) is 17.0 Å². The summed E-state index contributed by atoms with van der Waals surface area (Å²) in [5.41, 5.74) is 5.50. The van der Waals surface area contributed by atoms with Crippen molar-refractivity contribution in [2.75, 3.05) is 13.7 Å². The van der Waals surface area contributed by atoms with Gasteiger partial charge in [-0.25, -0.2) is 0 Å². The van der Waals surface area contributed by atoms with Gasteiger partial charge < -0.3 is 10.1 Å². The van der Waals surface area contributed by atoms with E-state index in [0.29, 0.717) is 5.75 Å². The van der Waals surface area contributed by atoms with Crippen LogP contribution in [-0.2, 0) is 14.4 Å². The first-order valence-corrected chi connectivity index (χ1v) is 9.89. The molecule has 2 rings (SSSR count). The van der Waals surface area contributed by atoms with Gasteiger partial charge in [-0.1, -0.05) is 37.5 Å². The van der Waals surface area contributed by atoms with Crippen molar-refractivity contribution in [1.82, 2.24) is 21.5 Å². The molecule has 156 valence electrons. The number of amides is 3. The van der Waals surface area contributed by atoms with Crippen LogP contribution in [0.4, 0.5) is 0 Å². The molecule has 8 nitrogen and oxygen atoms in total. The van der Waals surface area contributed by atoms with Crippen molar-refractivity contribution < 1.29 is 19.1 Å². The average Bonchev–Trinajstić information content (AvgIpc) is 2.75. The van der Waals surface area contributed by atoms with E-state index in [1.807, 2.05) is 12.1 Å². The predicted octanol–water partition coefficient (Wildman–Crippen LogP) is 1.43. The number of hydrogen-bond acceptors (Lipinski definition) is 5. The van der Waals surface area contributed by atoms with Gasteiger partial charge >= 0.3 is 0 Å². The predicted molar refractivity (Wildman–Crippen MR) is 114 cm³/mol. The number of benzene rings is 1. The molecule has 0 unspecified atom stereocenters. The third-order valence-corrected chi connectivity index (χ3v) is 4.71. The number of hydrogen-bond donors (Lipinski definition) is 4. The molecular weight excluding hydrogens is 392 g/mol. The van der Waals surface area contributed by atoms with E-state index >= 15 is 0 Å². The van der Waals surface area contributed by atoms with Gasteiger partial charge in [-0.05, 0) is 37.2 Å². The fourth-order valence-corrected chi connectivity index (χ4v) is 3.15. The molecule has 0 aliphatic heterocycles. The number of carbonyl (C=O) groups is 3. The van der Waals surface area contributed by atoms with Crippen molar-refractivity contribution in [3.05, 3.63) is 35.9 Å². The quantitative estimate of drug-likeness (QED) is 0.316. The third kappa shape index (κ3) is 7.90. The minimum atomic E-state index is -0.465. The number of carbonyl (C=O) groups excluding carboxylic acids is 3.